The molecule has 10 heteroatoms. The van der Waals surface area contributed by atoms with Crippen LogP contribution in [0.3, 0.4) is 0 Å². The highest BCUT2D eigenvalue weighted by molar-refractivity contribution is 5.88. The first kappa shape index (κ1) is 16.4. The average Bonchev–Trinajstić information content (AvgIpc) is 3.13. The van der Waals surface area contributed by atoms with Crippen LogP contribution < -0.4 is 10.6 Å². The van der Waals surface area contributed by atoms with Crippen LogP contribution in [0.25, 0.3) is 5.82 Å². The Kier molecular flexibility index (Phi) is 4.74. The number of ether oxygens (including phenoxy) is 1. The molecule has 0 amide bonds. The van der Waals surface area contributed by atoms with Crippen LogP contribution >= 0.6 is 0 Å². The van der Waals surface area contributed by atoms with Crippen molar-refractivity contribution in [2.24, 2.45) is 0 Å². The van der Waals surface area contributed by atoms with Crippen LogP contribution in [0.15, 0.2) is 4.63 Å². The first-order chi connectivity index (χ1) is 11.6. The number of piperidine rings is 1. The minimum Gasteiger partial charge on any atom is -0.458 e. The van der Waals surface area contributed by atoms with Gasteiger partial charge in [-0.3, -0.25) is 0 Å². The summed E-state index contributed by atoms with van der Waals surface area (Å²) in [6.45, 7) is 6.24. The van der Waals surface area contributed by atoms with Crippen molar-refractivity contribution < 1.29 is 19.1 Å². The molecule has 0 unspecified atom stereocenters. The first-order valence-electron chi connectivity index (χ1n) is 8.13. The second-order valence-electron chi connectivity index (χ2n) is 6.21. The maximum Gasteiger partial charge on any atom is 0.361 e. The Bertz CT molecular complexity index is 703. The molecule has 1 saturated heterocycles. The van der Waals surface area contributed by atoms with Crippen molar-refractivity contribution in [1.29, 1.82) is 0 Å². The van der Waals surface area contributed by atoms with E-state index in [-0.39, 0.29) is 23.4 Å². The minimum atomic E-state index is -0.502. The number of nitrogens with one attached hydrogen (secondary N) is 1. The van der Waals surface area contributed by atoms with E-state index in [1.165, 1.54) is 16.0 Å². The Morgan fingerprint density at radius 1 is 1.33 bits per heavy atom. The van der Waals surface area contributed by atoms with Gasteiger partial charge in [-0.1, -0.05) is 5.21 Å². The van der Waals surface area contributed by atoms with Crippen molar-refractivity contribution >= 4 is 11.8 Å². The van der Waals surface area contributed by atoms with Crippen LogP contribution in [-0.2, 0) is 11.3 Å². The fraction of sp³-hybridized carbons (Fsp3) is 0.643. The molecule has 3 rings (SSSR count). The highest BCUT2D eigenvalue weighted by Gasteiger charge is 2.29. The van der Waals surface area contributed by atoms with Crippen LogP contribution in [0, 0.1) is 0 Å². The molecular weight excluding hydrogens is 314 g/mol. The van der Waals surface area contributed by atoms with Gasteiger partial charge >= 0.3 is 5.97 Å². The molecule has 10 nitrogen and oxygen atoms in total. The van der Waals surface area contributed by atoms with Gasteiger partial charge in [0.2, 0.25) is 11.6 Å². The van der Waals surface area contributed by atoms with Gasteiger partial charge in [-0.05, 0) is 43.4 Å². The zero-order valence-corrected chi connectivity index (χ0v) is 13.9. The normalized spacial score (nSPS) is 15.8. The quantitative estimate of drug-likeness (QED) is 0.691. The van der Waals surface area contributed by atoms with Gasteiger partial charge in [0, 0.05) is 0 Å². The molecule has 130 valence electrons. The molecular formula is C14H22N7O3+. The summed E-state index contributed by atoms with van der Waals surface area (Å²) in [6, 6.07) is 0. The molecule has 2 aromatic heterocycles. The van der Waals surface area contributed by atoms with E-state index in [9.17, 15) is 4.79 Å². The number of nitrogens with two attached hydrogens (primary N) is 1. The number of hydrogen-bond acceptors (Lipinski definition) is 8. The van der Waals surface area contributed by atoms with Gasteiger partial charge in [0.05, 0.1) is 19.2 Å². The molecule has 1 fully saturated rings. The Morgan fingerprint density at radius 3 is 2.71 bits per heavy atom. The van der Waals surface area contributed by atoms with Crippen LogP contribution in [0.1, 0.15) is 49.3 Å². The molecule has 0 spiro atoms. The zero-order chi connectivity index (χ0) is 17.1. The highest BCUT2D eigenvalue weighted by atomic mass is 16.6. The summed E-state index contributed by atoms with van der Waals surface area (Å²) in [6.07, 6.45) is 3.33. The fourth-order valence-electron chi connectivity index (χ4n) is 2.86. The number of hydrogen-bond donors (Lipinski definition) is 2. The topological polar surface area (TPSA) is 126 Å². The number of anilines is 1. The van der Waals surface area contributed by atoms with Crippen molar-refractivity contribution in [2.45, 2.75) is 45.8 Å². The van der Waals surface area contributed by atoms with E-state index >= 15 is 0 Å². The molecule has 0 atom stereocenters. The first-order valence-corrected chi connectivity index (χ1v) is 8.13. The Morgan fingerprint density at radius 2 is 2.08 bits per heavy atom. The molecule has 0 bridgehead atoms. The predicted octanol–water partition coefficient (Wildman–Crippen LogP) is -0.633. The number of aromatic nitrogens is 5. The van der Waals surface area contributed by atoms with Crippen molar-refractivity contribution in [2.75, 3.05) is 18.8 Å². The van der Waals surface area contributed by atoms with Crippen molar-refractivity contribution in [3.63, 3.8) is 0 Å². The Labute approximate surface area is 138 Å². The minimum absolute atomic E-state index is 0.0959. The molecule has 0 aliphatic carbocycles. The molecule has 0 radical (unpaired) electrons. The summed E-state index contributed by atoms with van der Waals surface area (Å²) in [5.74, 6) is -0.172. The summed E-state index contributed by atoms with van der Waals surface area (Å²) in [5, 5.41) is 15.3. The maximum absolute atomic E-state index is 12.3. The molecule has 3 N–H and O–H groups in total. The van der Waals surface area contributed by atoms with E-state index in [1.54, 1.807) is 13.8 Å². The lowest BCUT2D eigenvalue weighted by atomic mass is 10.1. The molecule has 0 aromatic carbocycles. The second kappa shape index (κ2) is 6.95. The maximum atomic E-state index is 12.3. The van der Waals surface area contributed by atoms with Gasteiger partial charge in [0.25, 0.3) is 0 Å². The molecule has 1 aliphatic rings. The van der Waals surface area contributed by atoms with Crippen LogP contribution in [0.2, 0.25) is 0 Å². The molecule has 3 heterocycles. The number of likely N-dealkylation sites (tertiary alicyclic amines) is 1. The number of esters is 1. The number of nitrogens with zero attached hydrogens (tertiary/aromatic N) is 5. The van der Waals surface area contributed by atoms with Gasteiger partial charge in [0.1, 0.15) is 12.2 Å². The van der Waals surface area contributed by atoms with Crippen LogP contribution in [0.5, 0.6) is 0 Å². The van der Waals surface area contributed by atoms with E-state index in [4.69, 9.17) is 10.5 Å². The lowest BCUT2D eigenvalue weighted by Gasteiger charge is -2.23. The van der Waals surface area contributed by atoms with Crippen molar-refractivity contribution in [1.82, 2.24) is 25.3 Å². The Hall–Kier alpha value is -2.49. The monoisotopic (exact) mass is 336 g/mol. The second-order valence-corrected chi connectivity index (χ2v) is 6.21. The summed E-state index contributed by atoms with van der Waals surface area (Å²) >= 11 is 0. The van der Waals surface area contributed by atoms with Crippen LogP contribution in [-0.4, -0.2) is 50.5 Å². The summed E-state index contributed by atoms with van der Waals surface area (Å²) in [7, 11) is 0. The SMILES string of the molecule is CC(C)OC(=O)c1nnn(-c2nonc2N)c1C[NH+]1CCCCC1. The lowest BCUT2D eigenvalue weighted by Crippen LogP contribution is -3.11. The summed E-state index contributed by atoms with van der Waals surface area (Å²) in [4.78, 5) is 13.7. The van der Waals surface area contributed by atoms with Crippen molar-refractivity contribution in [3.05, 3.63) is 11.4 Å². The van der Waals surface area contributed by atoms with Gasteiger partial charge in [-0.15, -0.1) is 5.10 Å². The molecule has 2 aromatic rings. The van der Waals surface area contributed by atoms with E-state index < -0.39 is 5.97 Å². The number of quaternary nitrogens is 1. The third-order valence-corrected chi connectivity index (χ3v) is 3.97. The summed E-state index contributed by atoms with van der Waals surface area (Å²) in [5.41, 5.74) is 6.56. The number of rotatable bonds is 5. The highest BCUT2D eigenvalue weighted by Crippen LogP contribution is 2.16. The number of nitrogen functional groups attached to an aromatic ring is 1. The smallest absolute Gasteiger partial charge is 0.361 e. The van der Waals surface area contributed by atoms with E-state index in [0.29, 0.717) is 12.2 Å². The van der Waals surface area contributed by atoms with E-state index in [2.05, 4.69) is 25.3 Å². The Balaban J connectivity index is 1.95. The predicted molar refractivity (Wildman–Crippen MR) is 82.4 cm³/mol. The standard InChI is InChI=1S/C14H21N7O3/c1-9(2)23-14(22)11-10(8-20-6-4-3-5-7-20)21(19-16-11)13-12(15)17-24-18-13/h9H,3-8H2,1-2H3,(H2,15,17)/p+1. The van der Waals surface area contributed by atoms with E-state index in [1.807, 2.05) is 0 Å². The van der Waals surface area contributed by atoms with Gasteiger partial charge in [0.15, 0.2) is 5.69 Å². The lowest BCUT2D eigenvalue weighted by molar-refractivity contribution is -0.918. The number of carbonyl (C=O) groups is 1. The van der Waals surface area contributed by atoms with Gasteiger partial charge in [-0.25, -0.2) is 9.42 Å². The summed E-state index contributed by atoms with van der Waals surface area (Å²) < 4.78 is 11.3. The third kappa shape index (κ3) is 3.37. The molecule has 1 aliphatic heterocycles. The van der Waals surface area contributed by atoms with Crippen molar-refractivity contribution in [3.8, 4) is 5.82 Å². The molecule has 0 saturated carbocycles. The largest absolute Gasteiger partial charge is 0.458 e. The molecule has 24 heavy (non-hydrogen) atoms. The van der Waals surface area contributed by atoms with Gasteiger partial charge in [-0.2, -0.15) is 4.68 Å². The van der Waals surface area contributed by atoms with Crippen LogP contribution in [0.4, 0.5) is 5.82 Å². The average molecular weight is 336 g/mol. The van der Waals surface area contributed by atoms with E-state index in [0.717, 1.165) is 25.9 Å². The third-order valence-electron chi connectivity index (χ3n) is 3.97. The number of carbonyl (C=O) groups excluding carboxylic acids is 1. The zero-order valence-electron chi connectivity index (χ0n) is 13.9. The fourth-order valence-corrected chi connectivity index (χ4v) is 2.86. The van der Waals surface area contributed by atoms with Gasteiger partial charge < -0.3 is 15.4 Å².